The molecule has 0 saturated heterocycles. The second kappa shape index (κ2) is 13.5. The lowest BCUT2D eigenvalue weighted by Crippen LogP contribution is -2.30. The fraction of sp³-hybridized carbons (Fsp3) is 0.0667. The van der Waals surface area contributed by atoms with Gasteiger partial charge in [0.25, 0.3) is 11.8 Å². The highest BCUT2D eigenvalue weighted by Gasteiger charge is 2.18. The summed E-state index contributed by atoms with van der Waals surface area (Å²) in [6, 6.07) is 22.7. The summed E-state index contributed by atoms with van der Waals surface area (Å²) in [5.41, 5.74) is 1.12. The predicted molar refractivity (Wildman–Crippen MR) is 157 cm³/mol. The van der Waals surface area contributed by atoms with Gasteiger partial charge in [0.05, 0.1) is 10.3 Å². The molecule has 1 atom stereocenters. The van der Waals surface area contributed by atoms with Gasteiger partial charge in [0, 0.05) is 39.8 Å². The van der Waals surface area contributed by atoms with Crippen molar-refractivity contribution in [3.63, 3.8) is 0 Å². The lowest BCUT2D eigenvalue weighted by atomic mass is 10.1. The van der Waals surface area contributed by atoms with Crippen molar-refractivity contribution in [2.24, 2.45) is 0 Å². The van der Waals surface area contributed by atoms with Crippen LogP contribution in [0.4, 0.5) is 15.8 Å². The minimum atomic E-state index is -0.686. The third kappa shape index (κ3) is 7.78. The minimum absolute atomic E-state index is 0.0407. The van der Waals surface area contributed by atoms with E-state index >= 15 is 0 Å². The number of halogens is 2. The van der Waals surface area contributed by atoms with Crippen molar-refractivity contribution in [3.8, 4) is 0 Å². The van der Waals surface area contributed by atoms with Crippen molar-refractivity contribution < 1.29 is 18.8 Å². The fourth-order valence-electron chi connectivity index (χ4n) is 3.52. The third-order valence-electron chi connectivity index (χ3n) is 5.54. The first kappa shape index (κ1) is 28.5. The summed E-state index contributed by atoms with van der Waals surface area (Å²) in [7, 11) is 0. The average molecular weight is 575 g/mol. The SMILES string of the molecule is CC(Sc1cccc(NC(=O)/C(=C\c2c(F)cccc2Cl)NC(=O)c2ccccc2)c1)C(=O)Nc1ccncc1. The molecule has 0 bridgehead atoms. The Hall–Kier alpha value is -4.47. The molecule has 0 saturated carbocycles. The van der Waals surface area contributed by atoms with Gasteiger partial charge in [0.1, 0.15) is 11.5 Å². The van der Waals surface area contributed by atoms with Gasteiger partial charge in [-0.2, -0.15) is 0 Å². The van der Waals surface area contributed by atoms with E-state index in [-0.39, 0.29) is 22.2 Å². The highest BCUT2D eigenvalue weighted by atomic mass is 35.5. The number of anilines is 2. The maximum Gasteiger partial charge on any atom is 0.272 e. The summed E-state index contributed by atoms with van der Waals surface area (Å²) >= 11 is 7.47. The zero-order valence-corrected chi connectivity index (χ0v) is 22.8. The van der Waals surface area contributed by atoms with Gasteiger partial charge in [-0.25, -0.2) is 4.39 Å². The van der Waals surface area contributed by atoms with Crippen molar-refractivity contribution in [1.29, 1.82) is 0 Å². The Morgan fingerprint density at radius 3 is 2.35 bits per heavy atom. The van der Waals surface area contributed by atoms with E-state index in [9.17, 15) is 18.8 Å². The van der Waals surface area contributed by atoms with Crippen LogP contribution in [-0.2, 0) is 9.59 Å². The van der Waals surface area contributed by atoms with Crippen LogP contribution >= 0.6 is 23.4 Å². The number of nitrogens with one attached hydrogen (secondary N) is 3. The second-order valence-corrected chi connectivity index (χ2v) is 10.3. The van der Waals surface area contributed by atoms with Crippen molar-refractivity contribution in [1.82, 2.24) is 10.3 Å². The van der Waals surface area contributed by atoms with Crippen LogP contribution in [0.1, 0.15) is 22.8 Å². The number of amides is 3. The molecule has 1 heterocycles. The third-order valence-corrected chi connectivity index (χ3v) is 6.96. The molecule has 1 aromatic heterocycles. The van der Waals surface area contributed by atoms with Gasteiger partial charge in [-0.3, -0.25) is 19.4 Å². The Bertz CT molecular complexity index is 1530. The number of carbonyl (C=O) groups is 3. The van der Waals surface area contributed by atoms with E-state index in [1.54, 1.807) is 80.0 Å². The molecule has 4 rings (SSSR count). The fourth-order valence-corrected chi connectivity index (χ4v) is 4.66. The van der Waals surface area contributed by atoms with Gasteiger partial charge in [0.2, 0.25) is 5.91 Å². The summed E-state index contributed by atoms with van der Waals surface area (Å²) in [6.45, 7) is 1.77. The second-order valence-electron chi connectivity index (χ2n) is 8.48. The lowest BCUT2D eigenvalue weighted by molar-refractivity contribution is -0.115. The minimum Gasteiger partial charge on any atom is -0.325 e. The molecule has 0 fully saturated rings. The molecule has 202 valence electrons. The van der Waals surface area contributed by atoms with E-state index in [1.807, 2.05) is 6.07 Å². The van der Waals surface area contributed by atoms with Gasteiger partial charge < -0.3 is 16.0 Å². The standard InChI is InChI=1S/C30H24ClFN4O3S/c1-19(28(37)34-21-13-15-33-16-14-21)40-23-10-5-9-22(17-23)35-30(39)27(18-24-25(31)11-6-12-26(24)32)36-29(38)20-7-3-2-4-8-20/h2-19H,1H3,(H,35,39)(H,36,38)(H,33,34,37)/b27-18+. The highest BCUT2D eigenvalue weighted by molar-refractivity contribution is 8.00. The smallest absolute Gasteiger partial charge is 0.272 e. The van der Waals surface area contributed by atoms with Crippen LogP contribution in [0, 0.1) is 5.82 Å². The molecule has 3 amide bonds. The number of aromatic nitrogens is 1. The van der Waals surface area contributed by atoms with E-state index < -0.39 is 22.9 Å². The number of benzene rings is 3. The molecule has 0 spiro atoms. The molecule has 7 nitrogen and oxygen atoms in total. The highest BCUT2D eigenvalue weighted by Crippen LogP contribution is 2.27. The average Bonchev–Trinajstić information content (AvgIpc) is 2.95. The Morgan fingerprint density at radius 1 is 0.900 bits per heavy atom. The Balaban J connectivity index is 1.52. The van der Waals surface area contributed by atoms with E-state index in [2.05, 4.69) is 20.9 Å². The van der Waals surface area contributed by atoms with E-state index in [4.69, 9.17) is 11.6 Å². The van der Waals surface area contributed by atoms with E-state index in [0.717, 1.165) is 4.90 Å². The molecule has 3 aromatic carbocycles. The van der Waals surface area contributed by atoms with E-state index in [1.165, 1.54) is 36.0 Å². The molecule has 0 aliphatic heterocycles. The zero-order chi connectivity index (χ0) is 28.5. The van der Waals surface area contributed by atoms with Crippen LogP contribution in [0.15, 0.2) is 108 Å². The van der Waals surface area contributed by atoms with Crippen LogP contribution in [0.3, 0.4) is 0 Å². The Labute approximate surface area is 239 Å². The number of hydrogen-bond donors (Lipinski definition) is 3. The Kier molecular flexibility index (Phi) is 9.66. The summed E-state index contributed by atoms with van der Waals surface area (Å²) in [6.07, 6.45) is 4.37. The largest absolute Gasteiger partial charge is 0.325 e. The molecular formula is C30H24ClFN4O3S. The molecule has 0 radical (unpaired) electrons. The summed E-state index contributed by atoms with van der Waals surface area (Å²) in [4.78, 5) is 43.4. The van der Waals surface area contributed by atoms with Crippen molar-refractivity contribution in [3.05, 3.63) is 125 Å². The molecule has 3 N–H and O–H groups in total. The summed E-state index contributed by atoms with van der Waals surface area (Å²) in [5, 5.41) is 7.76. The van der Waals surface area contributed by atoms with Gasteiger partial charge >= 0.3 is 0 Å². The normalized spacial score (nSPS) is 11.8. The van der Waals surface area contributed by atoms with Crippen molar-refractivity contribution in [2.45, 2.75) is 17.1 Å². The number of carbonyl (C=O) groups excluding carboxylic acids is 3. The first-order valence-corrected chi connectivity index (χ1v) is 13.4. The number of rotatable bonds is 9. The quantitative estimate of drug-likeness (QED) is 0.159. The zero-order valence-electron chi connectivity index (χ0n) is 21.2. The van der Waals surface area contributed by atoms with Crippen molar-refractivity contribution in [2.75, 3.05) is 10.6 Å². The number of nitrogens with zero attached hydrogens (tertiary/aromatic N) is 1. The molecular weight excluding hydrogens is 551 g/mol. The maximum atomic E-state index is 14.5. The maximum absolute atomic E-state index is 14.5. The molecule has 1 unspecified atom stereocenters. The number of thioether (sulfide) groups is 1. The van der Waals surface area contributed by atoms with Crippen LogP contribution in [0.2, 0.25) is 5.02 Å². The monoisotopic (exact) mass is 574 g/mol. The van der Waals surface area contributed by atoms with Gasteiger partial charge in [-0.15, -0.1) is 11.8 Å². The van der Waals surface area contributed by atoms with Crippen LogP contribution in [0.25, 0.3) is 6.08 Å². The van der Waals surface area contributed by atoms with E-state index in [0.29, 0.717) is 16.9 Å². The van der Waals surface area contributed by atoms with Gasteiger partial charge in [0.15, 0.2) is 0 Å². The van der Waals surface area contributed by atoms with Crippen LogP contribution in [-0.4, -0.2) is 28.0 Å². The van der Waals surface area contributed by atoms with Crippen LogP contribution < -0.4 is 16.0 Å². The Morgan fingerprint density at radius 2 is 1.62 bits per heavy atom. The first-order valence-electron chi connectivity index (χ1n) is 12.1. The van der Waals surface area contributed by atoms with Gasteiger partial charge in [-0.1, -0.05) is 41.9 Å². The van der Waals surface area contributed by atoms with Crippen LogP contribution in [0.5, 0.6) is 0 Å². The molecule has 4 aromatic rings. The summed E-state index contributed by atoms with van der Waals surface area (Å²) < 4.78 is 14.5. The predicted octanol–water partition coefficient (Wildman–Crippen LogP) is 6.40. The topological polar surface area (TPSA) is 100 Å². The summed E-state index contributed by atoms with van der Waals surface area (Å²) in [5.74, 6) is -2.08. The molecule has 0 aliphatic rings. The van der Waals surface area contributed by atoms with Crippen molar-refractivity contribution >= 4 is 58.5 Å². The lowest BCUT2D eigenvalue weighted by Gasteiger charge is -2.14. The molecule has 10 heteroatoms. The molecule has 0 aliphatic carbocycles. The first-order chi connectivity index (χ1) is 19.3. The molecule has 40 heavy (non-hydrogen) atoms. The number of pyridine rings is 1. The van der Waals surface area contributed by atoms with Gasteiger partial charge in [-0.05, 0) is 67.6 Å². The number of hydrogen-bond acceptors (Lipinski definition) is 5.